The van der Waals surface area contributed by atoms with Crippen LogP contribution in [-0.2, 0) is 23.0 Å². The predicted octanol–water partition coefficient (Wildman–Crippen LogP) is 0.922. The van der Waals surface area contributed by atoms with Crippen LogP contribution in [0.5, 0.6) is 0 Å². The van der Waals surface area contributed by atoms with Crippen molar-refractivity contribution in [1.29, 1.82) is 0 Å². The summed E-state index contributed by atoms with van der Waals surface area (Å²) in [5.74, 6) is 0.207. The Kier molecular flexibility index (Phi) is 4.73. The molecule has 0 radical (unpaired) electrons. The second-order valence-electron chi connectivity index (χ2n) is 7.27. The molecule has 0 unspecified atom stereocenters. The van der Waals surface area contributed by atoms with Crippen molar-refractivity contribution in [2.75, 3.05) is 40.4 Å². The van der Waals surface area contributed by atoms with E-state index in [4.69, 9.17) is 4.74 Å². The molecular formula is C17H28N4O2. The number of ether oxygens (including phenoxy) is 1. The molecule has 23 heavy (non-hydrogen) atoms. The summed E-state index contributed by atoms with van der Waals surface area (Å²) in [5, 5.41) is 4.31. The Bertz CT molecular complexity index is 549. The highest BCUT2D eigenvalue weighted by molar-refractivity contribution is 5.78. The highest BCUT2D eigenvalue weighted by Gasteiger charge is 2.44. The van der Waals surface area contributed by atoms with E-state index < -0.39 is 0 Å². The van der Waals surface area contributed by atoms with E-state index >= 15 is 0 Å². The highest BCUT2D eigenvalue weighted by atomic mass is 16.5. The first kappa shape index (κ1) is 16.5. The van der Waals surface area contributed by atoms with Crippen molar-refractivity contribution >= 4 is 5.91 Å². The lowest BCUT2D eigenvalue weighted by Gasteiger charge is -2.39. The molecule has 0 saturated carbocycles. The SMILES string of the molecule is COC[C@@H]1CC2(CCN(C(=O)Cc3ccn(C)n3)CC2)CN1C. The Morgan fingerprint density at radius 1 is 1.39 bits per heavy atom. The number of likely N-dealkylation sites (N-methyl/N-ethyl adjacent to an activating group) is 1. The normalized spacial score (nSPS) is 24.5. The number of carbonyl (C=O) groups excluding carboxylic acids is 1. The first-order chi connectivity index (χ1) is 11.0. The minimum atomic E-state index is 0.207. The fourth-order valence-corrected chi connectivity index (χ4v) is 4.17. The van der Waals surface area contributed by atoms with Crippen molar-refractivity contribution in [1.82, 2.24) is 19.6 Å². The molecule has 2 fully saturated rings. The molecule has 1 aromatic rings. The number of rotatable bonds is 4. The van der Waals surface area contributed by atoms with Gasteiger partial charge < -0.3 is 14.5 Å². The lowest BCUT2D eigenvalue weighted by Crippen LogP contribution is -2.44. The first-order valence-electron chi connectivity index (χ1n) is 8.47. The second kappa shape index (κ2) is 6.61. The molecule has 6 nitrogen and oxygen atoms in total. The van der Waals surface area contributed by atoms with Crippen LogP contribution in [0.2, 0.25) is 0 Å². The molecule has 2 aliphatic rings. The lowest BCUT2D eigenvalue weighted by molar-refractivity contribution is -0.132. The van der Waals surface area contributed by atoms with E-state index in [9.17, 15) is 4.79 Å². The molecular weight excluding hydrogens is 292 g/mol. The Morgan fingerprint density at radius 3 is 2.74 bits per heavy atom. The Balaban J connectivity index is 1.53. The van der Waals surface area contributed by atoms with E-state index in [1.54, 1.807) is 11.8 Å². The average molecular weight is 320 g/mol. The van der Waals surface area contributed by atoms with Gasteiger partial charge in [0.25, 0.3) is 0 Å². The number of aryl methyl sites for hydroxylation is 1. The minimum Gasteiger partial charge on any atom is -0.383 e. The Morgan fingerprint density at radius 2 is 2.13 bits per heavy atom. The van der Waals surface area contributed by atoms with Gasteiger partial charge in [-0.2, -0.15) is 5.10 Å². The van der Waals surface area contributed by atoms with E-state index in [-0.39, 0.29) is 5.91 Å². The molecule has 2 saturated heterocycles. The van der Waals surface area contributed by atoms with Crippen molar-refractivity contribution in [3.05, 3.63) is 18.0 Å². The van der Waals surface area contributed by atoms with Crippen molar-refractivity contribution < 1.29 is 9.53 Å². The zero-order chi connectivity index (χ0) is 16.4. The number of nitrogens with zero attached hydrogens (tertiary/aromatic N) is 4. The second-order valence-corrected chi connectivity index (χ2v) is 7.27. The molecule has 2 aliphatic heterocycles. The minimum absolute atomic E-state index is 0.207. The van der Waals surface area contributed by atoms with Crippen LogP contribution in [0.4, 0.5) is 0 Å². The summed E-state index contributed by atoms with van der Waals surface area (Å²) in [4.78, 5) is 16.9. The van der Waals surface area contributed by atoms with Crippen molar-refractivity contribution in [3.63, 3.8) is 0 Å². The van der Waals surface area contributed by atoms with Crippen molar-refractivity contribution in [2.45, 2.75) is 31.7 Å². The fraction of sp³-hybridized carbons (Fsp3) is 0.765. The van der Waals surface area contributed by atoms with Gasteiger partial charge in [0.1, 0.15) is 0 Å². The van der Waals surface area contributed by atoms with Crippen molar-refractivity contribution in [3.8, 4) is 0 Å². The molecule has 1 aromatic heterocycles. The topological polar surface area (TPSA) is 50.6 Å². The standard InChI is InChI=1S/C17H28N4O2/c1-19-13-17(11-15(19)12-23-3)5-8-21(9-6-17)16(22)10-14-4-7-20(2)18-14/h4,7,15H,5-6,8-13H2,1-3H3/t15-/m0/s1. The molecule has 0 aliphatic carbocycles. The van der Waals surface area contributed by atoms with E-state index in [2.05, 4.69) is 17.0 Å². The lowest BCUT2D eigenvalue weighted by atomic mass is 9.76. The van der Waals surface area contributed by atoms with Gasteiger partial charge in [0.05, 0.1) is 18.7 Å². The van der Waals surface area contributed by atoms with E-state index in [0.29, 0.717) is 17.9 Å². The summed E-state index contributed by atoms with van der Waals surface area (Å²) in [5.41, 5.74) is 1.23. The summed E-state index contributed by atoms with van der Waals surface area (Å²) in [6.45, 7) is 3.68. The van der Waals surface area contributed by atoms with Gasteiger partial charge in [-0.3, -0.25) is 9.48 Å². The van der Waals surface area contributed by atoms with Crippen LogP contribution >= 0.6 is 0 Å². The van der Waals surface area contributed by atoms with Crippen LogP contribution in [0, 0.1) is 5.41 Å². The molecule has 0 N–H and O–H groups in total. The summed E-state index contributed by atoms with van der Waals surface area (Å²) in [6, 6.07) is 2.45. The molecule has 1 amide bonds. The van der Waals surface area contributed by atoms with Gasteiger partial charge in [0.15, 0.2) is 0 Å². The number of aromatic nitrogens is 2. The monoisotopic (exact) mass is 320 g/mol. The summed E-state index contributed by atoms with van der Waals surface area (Å²) >= 11 is 0. The maximum absolute atomic E-state index is 12.5. The van der Waals surface area contributed by atoms with Gasteiger partial charge in [-0.1, -0.05) is 0 Å². The number of hydrogen-bond donors (Lipinski definition) is 0. The van der Waals surface area contributed by atoms with Crippen LogP contribution < -0.4 is 0 Å². The molecule has 0 aromatic carbocycles. The fourth-order valence-electron chi connectivity index (χ4n) is 4.17. The van der Waals surface area contributed by atoms with Crippen LogP contribution in [0.1, 0.15) is 25.0 Å². The summed E-state index contributed by atoms with van der Waals surface area (Å²) in [7, 11) is 5.85. The van der Waals surface area contributed by atoms with Crippen LogP contribution in [-0.4, -0.2) is 71.9 Å². The smallest absolute Gasteiger partial charge is 0.228 e. The molecule has 3 rings (SSSR count). The number of piperidine rings is 1. The van der Waals surface area contributed by atoms with E-state index in [1.165, 1.54) is 6.42 Å². The number of likely N-dealkylation sites (tertiary alicyclic amines) is 2. The average Bonchev–Trinajstić information content (AvgIpc) is 3.04. The van der Waals surface area contributed by atoms with Gasteiger partial charge in [0.2, 0.25) is 5.91 Å². The number of amides is 1. The molecule has 1 spiro atoms. The molecule has 128 valence electrons. The van der Waals surface area contributed by atoms with Crippen LogP contribution in [0.25, 0.3) is 0 Å². The molecule has 3 heterocycles. The molecule has 1 atom stereocenters. The van der Waals surface area contributed by atoms with Gasteiger partial charge in [0, 0.05) is 46.0 Å². The van der Waals surface area contributed by atoms with Gasteiger partial charge in [-0.15, -0.1) is 0 Å². The zero-order valence-corrected chi connectivity index (χ0v) is 14.5. The third-order valence-corrected chi connectivity index (χ3v) is 5.51. The quantitative estimate of drug-likeness (QED) is 0.828. The number of hydrogen-bond acceptors (Lipinski definition) is 4. The third kappa shape index (κ3) is 3.58. The van der Waals surface area contributed by atoms with Gasteiger partial charge in [-0.25, -0.2) is 0 Å². The van der Waals surface area contributed by atoms with Gasteiger partial charge >= 0.3 is 0 Å². The zero-order valence-electron chi connectivity index (χ0n) is 14.5. The maximum Gasteiger partial charge on any atom is 0.228 e. The van der Waals surface area contributed by atoms with Gasteiger partial charge in [-0.05, 0) is 37.8 Å². The first-order valence-corrected chi connectivity index (χ1v) is 8.47. The van der Waals surface area contributed by atoms with Crippen molar-refractivity contribution in [2.24, 2.45) is 12.5 Å². The molecule has 0 bridgehead atoms. The van der Waals surface area contributed by atoms with Crippen LogP contribution in [0.15, 0.2) is 12.3 Å². The summed E-state index contributed by atoms with van der Waals surface area (Å²) < 4.78 is 7.09. The highest BCUT2D eigenvalue weighted by Crippen LogP contribution is 2.42. The van der Waals surface area contributed by atoms with Crippen LogP contribution in [0.3, 0.4) is 0 Å². The Labute approximate surface area is 138 Å². The summed E-state index contributed by atoms with van der Waals surface area (Å²) in [6.07, 6.45) is 5.70. The van der Waals surface area contributed by atoms with E-state index in [0.717, 1.165) is 44.8 Å². The molecule has 6 heteroatoms. The predicted molar refractivity (Wildman–Crippen MR) is 88.1 cm³/mol. The maximum atomic E-state index is 12.5. The largest absolute Gasteiger partial charge is 0.383 e. The Hall–Kier alpha value is -1.40. The van der Waals surface area contributed by atoms with E-state index in [1.807, 2.05) is 24.2 Å². The third-order valence-electron chi connectivity index (χ3n) is 5.51. The number of methoxy groups -OCH3 is 1. The number of carbonyl (C=O) groups is 1.